The Kier molecular flexibility index (Phi) is 6.92. The highest BCUT2D eigenvalue weighted by molar-refractivity contribution is 5.86. The standard InChI is InChI=1S/C27H29FN6O2/c1-18-16-32-26-25(18)24(6-9-31-26)36-23-3-2-20(14-21(23)28)15-22(29)27(35)34-12-10-33(11-13-34)17-19-4-7-30-8-5-19/h2-9,14,16,22H,10-13,15,17,29H2,1H3,(H,31,32). The molecule has 3 N–H and O–H groups in total. The van der Waals surface area contributed by atoms with Crippen LogP contribution >= 0.6 is 0 Å². The van der Waals surface area contributed by atoms with Crippen molar-refractivity contribution in [3.8, 4) is 11.5 Å². The molecule has 1 aliphatic heterocycles. The average Bonchev–Trinajstić information content (AvgIpc) is 3.28. The first-order valence-corrected chi connectivity index (χ1v) is 12.0. The number of hydrogen-bond acceptors (Lipinski definition) is 6. The first-order valence-electron chi connectivity index (χ1n) is 12.0. The van der Waals surface area contributed by atoms with Crippen molar-refractivity contribution in [1.82, 2.24) is 24.8 Å². The van der Waals surface area contributed by atoms with Gasteiger partial charge in [-0.25, -0.2) is 9.37 Å². The van der Waals surface area contributed by atoms with Crippen LogP contribution in [-0.2, 0) is 17.8 Å². The minimum atomic E-state index is -0.731. The Morgan fingerprint density at radius 2 is 1.86 bits per heavy atom. The lowest BCUT2D eigenvalue weighted by Gasteiger charge is -2.36. The minimum Gasteiger partial charge on any atom is -0.453 e. The molecule has 5 rings (SSSR count). The van der Waals surface area contributed by atoms with Crippen LogP contribution in [0.3, 0.4) is 0 Å². The van der Waals surface area contributed by atoms with Crippen molar-refractivity contribution in [1.29, 1.82) is 0 Å². The Morgan fingerprint density at radius 3 is 2.61 bits per heavy atom. The molecule has 1 unspecified atom stereocenters. The molecule has 1 aliphatic rings. The van der Waals surface area contributed by atoms with Crippen LogP contribution in [-0.4, -0.2) is 62.9 Å². The first kappa shape index (κ1) is 23.9. The van der Waals surface area contributed by atoms with E-state index in [0.29, 0.717) is 30.0 Å². The zero-order chi connectivity index (χ0) is 25.1. The van der Waals surface area contributed by atoms with E-state index in [4.69, 9.17) is 10.5 Å². The van der Waals surface area contributed by atoms with Crippen LogP contribution in [0, 0.1) is 12.7 Å². The summed E-state index contributed by atoms with van der Waals surface area (Å²) in [5.74, 6) is 0.0221. The summed E-state index contributed by atoms with van der Waals surface area (Å²) in [7, 11) is 0. The van der Waals surface area contributed by atoms with E-state index in [1.807, 2.05) is 25.3 Å². The van der Waals surface area contributed by atoms with Gasteiger partial charge in [-0.15, -0.1) is 0 Å². The van der Waals surface area contributed by atoms with Crippen molar-refractivity contribution >= 4 is 16.9 Å². The molecule has 36 heavy (non-hydrogen) atoms. The smallest absolute Gasteiger partial charge is 0.239 e. The average molecular weight is 489 g/mol. The highest BCUT2D eigenvalue weighted by Gasteiger charge is 2.26. The Balaban J connectivity index is 1.17. The lowest BCUT2D eigenvalue weighted by Crippen LogP contribution is -2.53. The monoisotopic (exact) mass is 488 g/mol. The second-order valence-electron chi connectivity index (χ2n) is 9.14. The Hall–Kier alpha value is -3.82. The molecule has 0 saturated carbocycles. The number of H-pyrrole nitrogens is 1. The first-order chi connectivity index (χ1) is 17.5. The van der Waals surface area contributed by atoms with E-state index in [-0.39, 0.29) is 18.1 Å². The summed E-state index contributed by atoms with van der Waals surface area (Å²) in [5, 5.41) is 0.814. The van der Waals surface area contributed by atoms with Crippen LogP contribution in [0.15, 0.2) is 61.2 Å². The number of hydrogen-bond donors (Lipinski definition) is 2. The Labute approximate surface area is 208 Å². The van der Waals surface area contributed by atoms with Gasteiger partial charge in [0.15, 0.2) is 11.6 Å². The fourth-order valence-corrected chi connectivity index (χ4v) is 4.59. The zero-order valence-corrected chi connectivity index (χ0v) is 20.2. The van der Waals surface area contributed by atoms with Gasteiger partial charge in [0.1, 0.15) is 11.4 Å². The largest absolute Gasteiger partial charge is 0.453 e. The molecule has 9 heteroatoms. The topological polar surface area (TPSA) is 100 Å². The number of benzene rings is 1. The molecule has 0 aliphatic carbocycles. The quantitative estimate of drug-likeness (QED) is 0.414. The number of ether oxygens (including phenoxy) is 1. The van der Waals surface area contributed by atoms with Crippen molar-refractivity contribution in [2.45, 2.75) is 25.9 Å². The fraction of sp³-hybridized carbons (Fsp3) is 0.296. The van der Waals surface area contributed by atoms with Gasteiger partial charge in [-0.3, -0.25) is 14.7 Å². The van der Waals surface area contributed by atoms with Crippen LogP contribution in [0.1, 0.15) is 16.7 Å². The summed E-state index contributed by atoms with van der Waals surface area (Å²) in [6.07, 6.45) is 7.28. The molecular weight excluding hydrogens is 459 g/mol. The second kappa shape index (κ2) is 10.4. The molecular formula is C27H29FN6O2. The number of amides is 1. The SMILES string of the molecule is Cc1c[nH]c2nccc(Oc3ccc(CC(N)C(=O)N4CCN(Cc5ccncc5)CC4)cc3F)c12. The number of nitrogens with zero attached hydrogens (tertiary/aromatic N) is 4. The number of nitrogens with one attached hydrogen (secondary N) is 1. The van der Waals surface area contributed by atoms with Gasteiger partial charge in [0.2, 0.25) is 5.91 Å². The van der Waals surface area contributed by atoms with E-state index in [1.54, 1.807) is 41.7 Å². The van der Waals surface area contributed by atoms with Crippen LogP contribution in [0.2, 0.25) is 0 Å². The second-order valence-corrected chi connectivity index (χ2v) is 9.14. The molecule has 1 amide bonds. The Bertz CT molecular complexity index is 1350. The van der Waals surface area contributed by atoms with Gasteiger partial charge in [0.25, 0.3) is 0 Å². The molecule has 1 aromatic carbocycles. The van der Waals surface area contributed by atoms with E-state index in [1.165, 1.54) is 11.6 Å². The number of fused-ring (bicyclic) bond motifs is 1. The predicted molar refractivity (Wildman–Crippen MR) is 135 cm³/mol. The van der Waals surface area contributed by atoms with E-state index in [2.05, 4.69) is 19.9 Å². The molecule has 8 nitrogen and oxygen atoms in total. The lowest BCUT2D eigenvalue weighted by molar-refractivity contribution is -0.134. The van der Waals surface area contributed by atoms with Gasteiger partial charge in [0.05, 0.1) is 11.4 Å². The molecule has 1 atom stereocenters. The van der Waals surface area contributed by atoms with Gasteiger partial charge in [-0.05, 0) is 60.4 Å². The van der Waals surface area contributed by atoms with Crippen LogP contribution in [0.4, 0.5) is 4.39 Å². The Morgan fingerprint density at radius 1 is 1.08 bits per heavy atom. The number of aromatic amines is 1. The van der Waals surface area contributed by atoms with Crippen molar-refractivity contribution in [3.63, 3.8) is 0 Å². The highest BCUT2D eigenvalue weighted by Crippen LogP contribution is 2.32. The zero-order valence-electron chi connectivity index (χ0n) is 20.2. The van der Waals surface area contributed by atoms with E-state index < -0.39 is 11.9 Å². The summed E-state index contributed by atoms with van der Waals surface area (Å²) in [6.45, 7) is 5.58. The molecule has 0 spiro atoms. The predicted octanol–water partition coefficient (Wildman–Crippen LogP) is 3.41. The van der Waals surface area contributed by atoms with Crippen molar-refractivity contribution in [3.05, 3.63) is 83.7 Å². The molecule has 0 radical (unpaired) electrons. The molecule has 3 aromatic heterocycles. The molecule has 1 saturated heterocycles. The lowest BCUT2D eigenvalue weighted by atomic mass is 10.0. The summed E-state index contributed by atoms with van der Waals surface area (Å²) in [4.78, 5) is 28.4. The third-order valence-electron chi connectivity index (χ3n) is 6.56. The van der Waals surface area contributed by atoms with Crippen LogP contribution in [0.5, 0.6) is 11.5 Å². The van der Waals surface area contributed by atoms with E-state index >= 15 is 0 Å². The van der Waals surface area contributed by atoms with E-state index in [9.17, 15) is 9.18 Å². The van der Waals surface area contributed by atoms with Gasteiger partial charge in [-0.1, -0.05) is 6.07 Å². The molecule has 4 heterocycles. The van der Waals surface area contributed by atoms with Crippen molar-refractivity contribution < 1.29 is 13.9 Å². The number of aryl methyl sites for hydroxylation is 1. The van der Waals surface area contributed by atoms with Crippen molar-refractivity contribution in [2.75, 3.05) is 26.2 Å². The minimum absolute atomic E-state index is 0.108. The number of nitrogens with two attached hydrogens (primary N) is 1. The van der Waals surface area contributed by atoms with Crippen LogP contribution in [0.25, 0.3) is 11.0 Å². The number of rotatable bonds is 7. The van der Waals surface area contributed by atoms with Crippen molar-refractivity contribution in [2.24, 2.45) is 5.73 Å². The summed E-state index contributed by atoms with van der Waals surface area (Å²) < 4.78 is 20.8. The fourth-order valence-electron chi connectivity index (χ4n) is 4.59. The van der Waals surface area contributed by atoms with Crippen LogP contribution < -0.4 is 10.5 Å². The third kappa shape index (κ3) is 5.22. The highest BCUT2D eigenvalue weighted by atomic mass is 19.1. The van der Waals surface area contributed by atoms with Gasteiger partial charge in [-0.2, -0.15) is 0 Å². The number of piperazine rings is 1. The maximum atomic E-state index is 14.9. The maximum Gasteiger partial charge on any atom is 0.239 e. The number of aromatic nitrogens is 3. The third-order valence-corrected chi connectivity index (χ3v) is 6.56. The summed E-state index contributed by atoms with van der Waals surface area (Å²) in [5.41, 5.74) is 9.74. The maximum absolute atomic E-state index is 14.9. The van der Waals surface area contributed by atoms with Gasteiger partial charge in [0, 0.05) is 57.5 Å². The molecule has 4 aromatic rings. The number of pyridine rings is 2. The molecule has 186 valence electrons. The molecule has 0 bridgehead atoms. The number of carbonyl (C=O) groups excluding carboxylic acids is 1. The van der Waals surface area contributed by atoms with Gasteiger partial charge >= 0.3 is 0 Å². The summed E-state index contributed by atoms with van der Waals surface area (Å²) >= 11 is 0. The van der Waals surface area contributed by atoms with E-state index in [0.717, 1.165) is 30.6 Å². The number of carbonyl (C=O) groups is 1. The van der Waals surface area contributed by atoms with Gasteiger partial charge < -0.3 is 20.4 Å². The summed E-state index contributed by atoms with van der Waals surface area (Å²) in [6, 6.07) is 9.70. The normalized spacial score (nSPS) is 15.2. The molecule has 1 fully saturated rings. The number of halogens is 1.